The number of carbonyl (C=O) groups excluding carboxylic acids is 1. The fourth-order valence-corrected chi connectivity index (χ4v) is 1.72. The van der Waals surface area contributed by atoms with Crippen LogP contribution in [-0.4, -0.2) is 11.2 Å². The van der Waals surface area contributed by atoms with E-state index in [4.69, 9.17) is 16.0 Å². The molecule has 0 aliphatic heterocycles. The average Bonchev–Trinajstić information content (AvgIpc) is 2.76. The zero-order valence-corrected chi connectivity index (χ0v) is 9.18. The molecule has 5 nitrogen and oxygen atoms in total. The summed E-state index contributed by atoms with van der Waals surface area (Å²) in [4.78, 5) is 20.8. The molecule has 17 heavy (non-hydrogen) atoms. The van der Waals surface area contributed by atoms with Gasteiger partial charge < -0.3 is 4.42 Å². The number of furan rings is 1. The lowest BCUT2D eigenvalue weighted by atomic mass is 10.1. The lowest BCUT2D eigenvalue weighted by Crippen LogP contribution is -1.91. The normalized spacial score (nSPS) is 10.2. The zero-order valence-electron chi connectivity index (χ0n) is 8.42. The molecule has 6 heteroatoms. The van der Waals surface area contributed by atoms with Crippen molar-refractivity contribution in [3.05, 3.63) is 51.2 Å². The van der Waals surface area contributed by atoms with Crippen LogP contribution < -0.4 is 0 Å². The minimum atomic E-state index is -0.551. The van der Waals surface area contributed by atoms with Crippen molar-refractivity contribution in [2.75, 3.05) is 0 Å². The highest BCUT2D eigenvalue weighted by Gasteiger charge is 2.20. The topological polar surface area (TPSA) is 73.3 Å². The Morgan fingerprint density at radius 1 is 1.29 bits per heavy atom. The molecule has 0 fully saturated rings. The van der Waals surface area contributed by atoms with Gasteiger partial charge in [-0.3, -0.25) is 14.9 Å². The molecule has 0 radical (unpaired) electrons. The van der Waals surface area contributed by atoms with E-state index in [0.29, 0.717) is 6.29 Å². The molecule has 2 rings (SSSR count). The SMILES string of the molecule is O=Cc1ccc(-c2c(Cl)cccc2[N+](=O)[O-])o1. The average molecular weight is 252 g/mol. The molecule has 0 saturated heterocycles. The van der Waals surface area contributed by atoms with Crippen molar-refractivity contribution >= 4 is 23.6 Å². The van der Waals surface area contributed by atoms with Crippen molar-refractivity contribution in [1.82, 2.24) is 0 Å². The second kappa shape index (κ2) is 4.39. The van der Waals surface area contributed by atoms with Gasteiger partial charge in [-0.15, -0.1) is 0 Å². The first-order valence-corrected chi connectivity index (χ1v) is 4.99. The van der Waals surface area contributed by atoms with Gasteiger partial charge in [0.15, 0.2) is 12.0 Å². The van der Waals surface area contributed by atoms with E-state index >= 15 is 0 Å². The molecule has 0 aliphatic carbocycles. The molecule has 0 atom stereocenters. The molecule has 0 saturated carbocycles. The van der Waals surface area contributed by atoms with Crippen LogP contribution in [-0.2, 0) is 0 Å². The molecular formula is C11H6ClNO4. The highest BCUT2D eigenvalue weighted by atomic mass is 35.5. The molecule has 86 valence electrons. The van der Waals surface area contributed by atoms with E-state index < -0.39 is 4.92 Å². The Bertz CT molecular complexity index is 591. The molecule has 0 amide bonds. The number of carbonyl (C=O) groups is 1. The third-order valence-corrected chi connectivity index (χ3v) is 2.49. The molecule has 0 spiro atoms. The molecule has 0 unspecified atom stereocenters. The second-order valence-electron chi connectivity index (χ2n) is 3.21. The van der Waals surface area contributed by atoms with Gasteiger partial charge in [-0.2, -0.15) is 0 Å². The fourth-order valence-electron chi connectivity index (χ4n) is 1.46. The van der Waals surface area contributed by atoms with Crippen molar-refractivity contribution in [3.8, 4) is 11.3 Å². The van der Waals surface area contributed by atoms with Gasteiger partial charge in [0.05, 0.1) is 9.95 Å². The standard InChI is InChI=1S/C11H6ClNO4/c12-8-2-1-3-9(13(15)16)11(8)10-5-4-7(6-14)17-10/h1-6H. The first-order valence-electron chi connectivity index (χ1n) is 4.62. The number of hydrogen-bond acceptors (Lipinski definition) is 4. The van der Waals surface area contributed by atoms with Crippen molar-refractivity contribution in [1.29, 1.82) is 0 Å². The Kier molecular flexibility index (Phi) is 2.93. The highest BCUT2D eigenvalue weighted by molar-refractivity contribution is 6.33. The summed E-state index contributed by atoms with van der Waals surface area (Å²) in [6, 6.07) is 7.22. The number of hydrogen-bond donors (Lipinski definition) is 0. The van der Waals surface area contributed by atoms with Crippen molar-refractivity contribution in [2.45, 2.75) is 0 Å². The monoisotopic (exact) mass is 251 g/mol. The van der Waals surface area contributed by atoms with E-state index in [0.717, 1.165) is 0 Å². The Morgan fingerprint density at radius 2 is 2.06 bits per heavy atom. The maximum atomic E-state index is 10.9. The molecule has 1 heterocycles. The maximum Gasteiger partial charge on any atom is 0.281 e. The van der Waals surface area contributed by atoms with Gasteiger partial charge in [-0.05, 0) is 18.2 Å². The molecule has 0 bridgehead atoms. The van der Waals surface area contributed by atoms with Crippen LogP contribution in [0.2, 0.25) is 5.02 Å². The minimum Gasteiger partial charge on any atom is -0.453 e. The summed E-state index contributed by atoms with van der Waals surface area (Å²) in [5.41, 5.74) is 0.0107. The smallest absolute Gasteiger partial charge is 0.281 e. The van der Waals surface area contributed by atoms with Crippen LogP contribution in [0.15, 0.2) is 34.7 Å². The predicted octanol–water partition coefficient (Wildman–Crippen LogP) is 3.32. The van der Waals surface area contributed by atoms with Gasteiger partial charge in [0.25, 0.3) is 5.69 Å². The molecular weight excluding hydrogens is 246 g/mol. The number of aldehydes is 1. The van der Waals surface area contributed by atoms with Gasteiger partial charge in [0, 0.05) is 6.07 Å². The lowest BCUT2D eigenvalue weighted by molar-refractivity contribution is -0.384. The van der Waals surface area contributed by atoms with Crippen LogP contribution in [0.4, 0.5) is 5.69 Å². The van der Waals surface area contributed by atoms with Gasteiger partial charge in [0.2, 0.25) is 0 Å². The summed E-state index contributed by atoms with van der Waals surface area (Å²) < 4.78 is 5.13. The fraction of sp³-hybridized carbons (Fsp3) is 0. The van der Waals surface area contributed by atoms with E-state index in [1.807, 2.05) is 0 Å². The largest absolute Gasteiger partial charge is 0.453 e. The van der Waals surface area contributed by atoms with Crippen LogP contribution in [0.1, 0.15) is 10.6 Å². The lowest BCUT2D eigenvalue weighted by Gasteiger charge is -2.01. The Morgan fingerprint density at radius 3 is 2.65 bits per heavy atom. The molecule has 0 N–H and O–H groups in total. The number of halogens is 1. The summed E-state index contributed by atoms with van der Waals surface area (Å²) >= 11 is 5.91. The van der Waals surface area contributed by atoms with Crippen molar-refractivity contribution in [3.63, 3.8) is 0 Å². The van der Waals surface area contributed by atoms with Gasteiger partial charge in [-0.25, -0.2) is 0 Å². The Hall–Kier alpha value is -2.14. The third-order valence-electron chi connectivity index (χ3n) is 2.18. The van der Waals surface area contributed by atoms with E-state index in [2.05, 4.69) is 0 Å². The maximum absolute atomic E-state index is 10.9. The van der Waals surface area contributed by atoms with Crippen LogP contribution in [0, 0.1) is 10.1 Å². The Labute approximate surface area is 101 Å². The van der Waals surface area contributed by atoms with Gasteiger partial charge in [0.1, 0.15) is 11.3 Å². The summed E-state index contributed by atoms with van der Waals surface area (Å²) in [6.07, 6.45) is 0.520. The molecule has 1 aromatic heterocycles. The first-order chi connectivity index (χ1) is 8.13. The quantitative estimate of drug-likeness (QED) is 0.476. The van der Waals surface area contributed by atoms with Crippen molar-refractivity contribution < 1.29 is 14.1 Å². The summed E-state index contributed by atoms with van der Waals surface area (Å²) in [7, 11) is 0. The van der Waals surface area contributed by atoms with Crippen LogP contribution >= 0.6 is 11.6 Å². The molecule has 2 aromatic rings. The third kappa shape index (κ3) is 2.05. The zero-order chi connectivity index (χ0) is 12.4. The summed E-state index contributed by atoms with van der Waals surface area (Å²) in [5.74, 6) is 0.290. The van der Waals surface area contributed by atoms with E-state index in [1.54, 1.807) is 0 Å². The van der Waals surface area contributed by atoms with E-state index in [-0.39, 0.29) is 27.8 Å². The van der Waals surface area contributed by atoms with Crippen LogP contribution in [0.3, 0.4) is 0 Å². The minimum absolute atomic E-state index is 0.0919. The van der Waals surface area contributed by atoms with Crippen molar-refractivity contribution in [2.24, 2.45) is 0 Å². The molecule has 0 aliphatic rings. The number of rotatable bonds is 3. The first kappa shape index (κ1) is 11.3. The number of nitro groups is 1. The highest BCUT2D eigenvalue weighted by Crippen LogP contribution is 2.36. The number of benzene rings is 1. The van der Waals surface area contributed by atoms with E-state index in [1.165, 1.54) is 30.3 Å². The van der Waals surface area contributed by atoms with Crippen LogP contribution in [0.5, 0.6) is 0 Å². The number of nitro benzene ring substituents is 1. The van der Waals surface area contributed by atoms with Crippen LogP contribution in [0.25, 0.3) is 11.3 Å². The van der Waals surface area contributed by atoms with Gasteiger partial charge in [-0.1, -0.05) is 17.7 Å². The molecule has 1 aromatic carbocycles. The summed E-state index contributed by atoms with van der Waals surface area (Å²) in [6.45, 7) is 0. The van der Waals surface area contributed by atoms with Gasteiger partial charge >= 0.3 is 0 Å². The summed E-state index contributed by atoms with van der Waals surface area (Å²) in [5, 5.41) is 11.1. The predicted molar refractivity (Wildman–Crippen MR) is 61.2 cm³/mol. The number of nitrogens with zero attached hydrogens (tertiary/aromatic N) is 1. The second-order valence-corrected chi connectivity index (χ2v) is 3.62. The van der Waals surface area contributed by atoms with E-state index in [9.17, 15) is 14.9 Å². The Balaban J connectivity index is 2.64.